The molecule has 0 unspecified atom stereocenters. The Labute approximate surface area is 495 Å². The molecule has 22 nitrogen and oxygen atoms in total. The SMILES string of the molecule is COc1ccc(S(=O)(=O)Nc2ccccc2OCCOc2ccc(C(=O)O)cc2)cc1.CS(=O)(=O)Nc1ccccc1OCCOc1ccc(C(=O)O)cc1.O=C(O)c1ccc(OCCOc2ccccc2NS(=O)(=O)c2ccc(Cl)cc2)cc1. The number of aromatic carboxylic acids is 3. The van der Waals surface area contributed by atoms with Gasteiger partial charge in [-0.05, 0) is 158 Å². The second-order valence-electron chi connectivity index (χ2n) is 17.3. The minimum Gasteiger partial charge on any atom is -0.497 e. The zero-order chi connectivity index (χ0) is 61.4. The fourth-order valence-electron chi connectivity index (χ4n) is 7.02. The van der Waals surface area contributed by atoms with E-state index in [4.69, 9.17) is 60.1 Å². The lowest BCUT2D eigenvalue weighted by molar-refractivity contribution is 0.0686. The molecule has 0 radical (unpaired) electrons. The third-order valence-electron chi connectivity index (χ3n) is 11.1. The number of carboxylic acid groups (broad SMARTS) is 3. The fourth-order valence-corrected chi connectivity index (χ4v) is 9.86. The van der Waals surface area contributed by atoms with E-state index >= 15 is 0 Å². The van der Waals surface area contributed by atoms with E-state index < -0.39 is 48.0 Å². The van der Waals surface area contributed by atoms with Gasteiger partial charge in [0.05, 0.1) is 56.9 Å². The highest BCUT2D eigenvalue weighted by Gasteiger charge is 2.19. The lowest BCUT2D eigenvalue weighted by atomic mass is 10.2. The van der Waals surface area contributed by atoms with E-state index in [2.05, 4.69) is 14.2 Å². The fraction of sp³-hybridized carbons (Fsp3) is 0.136. The van der Waals surface area contributed by atoms with Crippen LogP contribution in [0.5, 0.6) is 40.2 Å². The van der Waals surface area contributed by atoms with E-state index in [1.807, 2.05) is 0 Å². The molecule has 0 heterocycles. The van der Waals surface area contributed by atoms with Crippen LogP contribution < -0.4 is 47.3 Å². The Hall–Kier alpha value is -9.69. The minimum atomic E-state index is -3.81. The highest BCUT2D eigenvalue weighted by Crippen LogP contribution is 2.30. The Morgan fingerprint density at radius 2 is 0.647 bits per heavy atom. The van der Waals surface area contributed by atoms with E-state index in [0.717, 1.165) is 6.26 Å². The molecule has 26 heteroatoms. The lowest BCUT2D eigenvalue weighted by Crippen LogP contribution is -2.15. The molecule has 0 saturated heterocycles. The average Bonchev–Trinajstić information content (AvgIpc) is 3.67. The summed E-state index contributed by atoms with van der Waals surface area (Å²) in [5.74, 6) is 0.150. The summed E-state index contributed by atoms with van der Waals surface area (Å²) in [7, 11) is -9.50. The molecule has 0 aliphatic carbocycles. The highest BCUT2D eigenvalue weighted by atomic mass is 35.5. The van der Waals surface area contributed by atoms with E-state index in [1.54, 1.807) is 121 Å². The molecule has 0 bridgehead atoms. The second-order valence-corrected chi connectivity index (χ2v) is 22.8. The first-order valence-corrected chi connectivity index (χ1v) is 30.3. The van der Waals surface area contributed by atoms with E-state index in [0.29, 0.717) is 62.3 Å². The number of benzene rings is 8. The van der Waals surface area contributed by atoms with Crippen LogP contribution in [0.25, 0.3) is 0 Å². The van der Waals surface area contributed by atoms with Crippen LogP contribution in [0.3, 0.4) is 0 Å². The zero-order valence-electron chi connectivity index (χ0n) is 45.2. The molecular weight excluding hydrogens is 1190 g/mol. The maximum atomic E-state index is 12.7. The van der Waals surface area contributed by atoms with Gasteiger partial charge in [-0.2, -0.15) is 0 Å². The van der Waals surface area contributed by atoms with Gasteiger partial charge in [0.15, 0.2) is 0 Å². The van der Waals surface area contributed by atoms with Gasteiger partial charge in [0.2, 0.25) is 10.0 Å². The van der Waals surface area contributed by atoms with Crippen LogP contribution in [0.2, 0.25) is 5.02 Å². The number of rotatable bonds is 27. The number of sulfonamides is 3. The number of methoxy groups -OCH3 is 1. The molecular formula is C59H56ClN3O19S3. The van der Waals surface area contributed by atoms with Crippen molar-refractivity contribution in [2.75, 3.05) is 67.2 Å². The number of para-hydroxylation sites is 6. The van der Waals surface area contributed by atoms with Gasteiger partial charge in [-0.1, -0.05) is 48.0 Å². The van der Waals surface area contributed by atoms with Crippen molar-refractivity contribution >= 4 is 76.6 Å². The number of hydrogen-bond donors (Lipinski definition) is 6. The van der Waals surface area contributed by atoms with Gasteiger partial charge in [-0.3, -0.25) is 14.2 Å². The third-order valence-corrected chi connectivity index (χ3v) is 14.7. The molecule has 0 saturated carbocycles. The predicted molar refractivity (Wildman–Crippen MR) is 317 cm³/mol. The van der Waals surface area contributed by atoms with Crippen LogP contribution >= 0.6 is 11.6 Å². The van der Waals surface area contributed by atoms with Gasteiger partial charge in [-0.15, -0.1) is 0 Å². The molecule has 0 aliphatic rings. The molecule has 0 fully saturated rings. The minimum absolute atomic E-state index is 0.0786. The van der Waals surface area contributed by atoms with Gasteiger partial charge in [0, 0.05) is 5.02 Å². The van der Waals surface area contributed by atoms with Crippen molar-refractivity contribution < 1.29 is 88.1 Å². The molecule has 8 rings (SSSR count). The molecule has 446 valence electrons. The summed E-state index contributed by atoms with van der Waals surface area (Å²) in [4.78, 5) is 32.6. The van der Waals surface area contributed by atoms with Crippen molar-refractivity contribution in [3.05, 3.63) is 216 Å². The number of carbonyl (C=O) groups is 3. The number of carboxylic acids is 3. The Morgan fingerprint density at radius 3 is 0.941 bits per heavy atom. The normalized spacial score (nSPS) is 10.9. The molecule has 0 amide bonds. The number of nitrogens with one attached hydrogen (secondary N) is 3. The Balaban J connectivity index is 0.000000206. The maximum absolute atomic E-state index is 12.7. The van der Waals surface area contributed by atoms with Crippen molar-refractivity contribution in [2.24, 2.45) is 0 Å². The molecule has 0 aromatic heterocycles. The van der Waals surface area contributed by atoms with Crippen molar-refractivity contribution in [1.29, 1.82) is 0 Å². The second kappa shape index (κ2) is 31.1. The van der Waals surface area contributed by atoms with Crippen molar-refractivity contribution in [3.8, 4) is 40.2 Å². The van der Waals surface area contributed by atoms with Gasteiger partial charge in [0.1, 0.15) is 79.9 Å². The monoisotopic (exact) mass is 1240 g/mol. The first-order valence-electron chi connectivity index (χ1n) is 25.1. The standard InChI is InChI=1S/C22H21NO7S.C21H18ClNO6S.C16H17NO6S/c1-28-17-10-12-19(13-11-17)31(26,27)23-20-4-2-3-5-21(20)30-15-14-29-18-8-6-16(7-9-18)22(24)25;22-16-7-11-18(12-8-16)30(26,27)23-19-3-1-2-4-20(19)29-14-13-28-17-9-5-15(6-10-17)21(24)25;1-24(20,21)17-14-4-2-3-5-15(14)23-11-10-22-13-8-6-12(7-9-13)16(18)19/h2-13,23H,14-15H2,1H3,(H,24,25);1-12,23H,13-14H2,(H,24,25);2-9,17H,10-11H2,1H3,(H,18,19). The highest BCUT2D eigenvalue weighted by molar-refractivity contribution is 7.93. The first kappa shape index (κ1) is 64.5. The van der Waals surface area contributed by atoms with Crippen molar-refractivity contribution in [1.82, 2.24) is 0 Å². The largest absolute Gasteiger partial charge is 0.497 e. The summed E-state index contributed by atoms with van der Waals surface area (Å²) in [5.41, 5.74) is 1.45. The average molecular weight is 1240 g/mol. The molecule has 85 heavy (non-hydrogen) atoms. The Bertz CT molecular complexity index is 3840. The number of ether oxygens (including phenoxy) is 7. The van der Waals surface area contributed by atoms with Gasteiger partial charge >= 0.3 is 17.9 Å². The summed E-state index contributed by atoms with van der Waals surface area (Å²) in [5, 5.41) is 27.0. The predicted octanol–water partition coefficient (Wildman–Crippen LogP) is 10.2. The third kappa shape index (κ3) is 21.2. The van der Waals surface area contributed by atoms with Crippen LogP contribution in [0.15, 0.2) is 204 Å². The first-order chi connectivity index (χ1) is 40.6. The zero-order valence-corrected chi connectivity index (χ0v) is 48.4. The summed E-state index contributed by atoms with van der Waals surface area (Å²) in [6.07, 6.45) is 1.06. The number of halogens is 1. The van der Waals surface area contributed by atoms with Gasteiger partial charge in [0.25, 0.3) is 20.0 Å². The van der Waals surface area contributed by atoms with Crippen LogP contribution in [0, 0.1) is 0 Å². The summed E-state index contributed by atoms with van der Waals surface area (Å²) >= 11 is 5.81. The van der Waals surface area contributed by atoms with Crippen molar-refractivity contribution in [3.63, 3.8) is 0 Å². The summed E-state index contributed by atoms with van der Waals surface area (Å²) < 4.78 is 119. The lowest BCUT2D eigenvalue weighted by Gasteiger charge is -2.14. The number of anilines is 3. The van der Waals surface area contributed by atoms with Crippen LogP contribution in [0.4, 0.5) is 17.1 Å². The van der Waals surface area contributed by atoms with Crippen LogP contribution in [0.1, 0.15) is 31.1 Å². The number of hydrogen-bond acceptors (Lipinski definition) is 16. The molecule has 0 atom stereocenters. The van der Waals surface area contributed by atoms with E-state index in [1.165, 1.54) is 79.9 Å². The summed E-state index contributed by atoms with van der Waals surface area (Å²) in [6.45, 7) is 1.10. The Kier molecular flexibility index (Phi) is 23.6. The van der Waals surface area contributed by atoms with Crippen LogP contribution in [-0.2, 0) is 30.1 Å². The maximum Gasteiger partial charge on any atom is 0.335 e. The van der Waals surface area contributed by atoms with E-state index in [-0.39, 0.29) is 66.1 Å². The van der Waals surface area contributed by atoms with Gasteiger partial charge in [-0.25, -0.2) is 39.6 Å². The molecule has 8 aromatic carbocycles. The Morgan fingerprint density at radius 1 is 0.376 bits per heavy atom. The molecule has 0 aliphatic heterocycles. The smallest absolute Gasteiger partial charge is 0.335 e. The topological polar surface area (TPSA) is 315 Å². The van der Waals surface area contributed by atoms with Crippen molar-refractivity contribution in [2.45, 2.75) is 9.79 Å². The van der Waals surface area contributed by atoms with E-state index in [9.17, 15) is 39.6 Å². The summed E-state index contributed by atoms with van der Waals surface area (Å²) in [6, 6.07) is 49.9. The quantitative estimate of drug-likeness (QED) is 0.0261. The molecule has 0 spiro atoms. The molecule has 6 N–H and O–H groups in total. The van der Waals surface area contributed by atoms with Gasteiger partial charge < -0.3 is 48.5 Å². The molecule has 8 aromatic rings. The van der Waals surface area contributed by atoms with Crippen LogP contribution in [-0.4, -0.2) is 111 Å².